The van der Waals surface area contributed by atoms with E-state index >= 15 is 0 Å². The Kier molecular flexibility index (Phi) is 6.83. The largest absolute Gasteiger partial charge is 0.493 e. The number of benzene rings is 1. The molecule has 0 spiro atoms. The van der Waals surface area contributed by atoms with E-state index in [1.807, 2.05) is 0 Å². The molecule has 1 aromatic carbocycles. The van der Waals surface area contributed by atoms with Crippen LogP contribution in [0.1, 0.15) is 11.7 Å². The average Bonchev–Trinajstić information content (AvgIpc) is 2.49. The molecule has 0 amide bonds. The first-order valence-corrected chi connectivity index (χ1v) is 6.55. The van der Waals surface area contributed by atoms with Gasteiger partial charge in [-0.15, -0.1) is 6.58 Å². The van der Waals surface area contributed by atoms with Crippen molar-refractivity contribution in [1.82, 2.24) is 10.6 Å². The molecule has 1 rings (SSSR count). The number of hydrogen-bond acceptors (Lipinski definition) is 4. The Morgan fingerprint density at radius 3 is 2.65 bits per heavy atom. The van der Waals surface area contributed by atoms with Crippen LogP contribution in [0, 0.1) is 0 Å². The van der Waals surface area contributed by atoms with E-state index in [-0.39, 0.29) is 0 Å². The average molecular weight is 296 g/mol. The minimum absolute atomic E-state index is 0.304. The third-order valence-electron chi connectivity index (χ3n) is 2.66. The van der Waals surface area contributed by atoms with Crippen LogP contribution in [0.3, 0.4) is 0 Å². The van der Waals surface area contributed by atoms with Crippen molar-refractivity contribution in [3.05, 3.63) is 36.4 Å². The molecule has 0 heterocycles. The molecule has 20 heavy (non-hydrogen) atoms. The van der Waals surface area contributed by atoms with Crippen LogP contribution in [0.15, 0.2) is 30.9 Å². The van der Waals surface area contributed by atoms with Crippen molar-refractivity contribution in [3.8, 4) is 11.5 Å². The smallest absolute Gasteiger partial charge is 0.166 e. The first-order valence-electron chi connectivity index (χ1n) is 6.15. The SMILES string of the molecule is C=CCNC(=S)NCC(O)c1ccc(OC)c(OC)c1. The van der Waals surface area contributed by atoms with Gasteiger partial charge in [0.05, 0.1) is 20.3 Å². The van der Waals surface area contributed by atoms with Crippen LogP contribution in [-0.4, -0.2) is 37.5 Å². The summed E-state index contributed by atoms with van der Waals surface area (Å²) in [6, 6.07) is 5.28. The molecule has 0 aromatic heterocycles. The van der Waals surface area contributed by atoms with Crippen LogP contribution in [0.5, 0.6) is 11.5 Å². The maximum atomic E-state index is 10.1. The predicted molar refractivity (Wildman–Crippen MR) is 83.3 cm³/mol. The standard InChI is InChI=1S/C14H20N2O3S/c1-4-7-15-14(20)16-9-11(17)10-5-6-12(18-2)13(8-10)19-3/h4-6,8,11,17H,1,7,9H2,2-3H3,(H2,15,16,20). The van der Waals surface area contributed by atoms with Gasteiger partial charge in [-0.2, -0.15) is 0 Å². The second-order valence-corrected chi connectivity index (χ2v) is 4.42. The van der Waals surface area contributed by atoms with Gasteiger partial charge in [0, 0.05) is 13.1 Å². The van der Waals surface area contributed by atoms with E-state index in [0.29, 0.717) is 29.7 Å². The van der Waals surface area contributed by atoms with Crippen LogP contribution >= 0.6 is 12.2 Å². The van der Waals surface area contributed by atoms with Gasteiger partial charge in [0.2, 0.25) is 0 Å². The molecule has 0 aliphatic rings. The minimum atomic E-state index is -0.696. The van der Waals surface area contributed by atoms with E-state index in [1.54, 1.807) is 38.5 Å². The van der Waals surface area contributed by atoms with E-state index in [4.69, 9.17) is 21.7 Å². The minimum Gasteiger partial charge on any atom is -0.493 e. The number of hydrogen-bond donors (Lipinski definition) is 3. The summed E-state index contributed by atoms with van der Waals surface area (Å²) in [5.41, 5.74) is 0.724. The maximum absolute atomic E-state index is 10.1. The number of aliphatic hydroxyl groups excluding tert-OH is 1. The van der Waals surface area contributed by atoms with E-state index in [0.717, 1.165) is 5.56 Å². The molecule has 0 bridgehead atoms. The summed E-state index contributed by atoms with van der Waals surface area (Å²) in [6.07, 6.45) is 1.01. The summed E-state index contributed by atoms with van der Waals surface area (Å²) in [5, 5.41) is 16.4. The Bertz CT molecular complexity index is 466. The molecule has 1 unspecified atom stereocenters. The molecule has 1 atom stereocenters. The van der Waals surface area contributed by atoms with Gasteiger partial charge < -0.3 is 25.2 Å². The zero-order valence-electron chi connectivity index (χ0n) is 11.7. The van der Waals surface area contributed by atoms with Gasteiger partial charge in [-0.25, -0.2) is 0 Å². The highest BCUT2D eigenvalue weighted by Gasteiger charge is 2.11. The lowest BCUT2D eigenvalue weighted by molar-refractivity contribution is 0.180. The fourth-order valence-electron chi connectivity index (χ4n) is 1.59. The summed E-state index contributed by atoms with van der Waals surface area (Å²) in [4.78, 5) is 0. The summed E-state index contributed by atoms with van der Waals surface area (Å²) in [5.74, 6) is 1.20. The fourth-order valence-corrected chi connectivity index (χ4v) is 1.76. The van der Waals surface area contributed by atoms with E-state index in [1.165, 1.54) is 0 Å². The topological polar surface area (TPSA) is 62.8 Å². The lowest BCUT2D eigenvalue weighted by Crippen LogP contribution is -2.37. The van der Waals surface area contributed by atoms with Crippen molar-refractivity contribution < 1.29 is 14.6 Å². The van der Waals surface area contributed by atoms with Gasteiger partial charge in [0.25, 0.3) is 0 Å². The Morgan fingerprint density at radius 2 is 2.05 bits per heavy atom. The monoisotopic (exact) mass is 296 g/mol. The van der Waals surface area contributed by atoms with Crippen molar-refractivity contribution in [1.29, 1.82) is 0 Å². The zero-order valence-corrected chi connectivity index (χ0v) is 12.5. The molecule has 1 aromatic rings. The zero-order chi connectivity index (χ0) is 15.0. The van der Waals surface area contributed by atoms with Crippen molar-refractivity contribution in [2.24, 2.45) is 0 Å². The lowest BCUT2D eigenvalue weighted by atomic mass is 10.1. The molecule has 5 nitrogen and oxygen atoms in total. The highest BCUT2D eigenvalue weighted by molar-refractivity contribution is 7.80. The van der Waals surface area contributed by atoms with E-state index in [2.05, 4.69) is 17.2 Å². The Balaban J connectivity index is 2.61. The molecule has 0 fully saturated rings. The van der Waals surface area contributed by atoms with Crippen LogP contribution in [0.25, 0.3) is 0 Å². The third kappa shape index (κ3) is 4.71. The van der Waals surface area contributed by atoms with Crippen molar-refractivity contribution in [2.75, 3.05) is 27.3 Å². The maximum Gasteiger partial charge on any atom is 0.166 e. The highest BCUT2D eigenvalue weighted by Crippen LogP contribution is 2.29. The van der Waals surface area contributed by atoms with E-state index in [9.17, 15) is 5.11 Å². The second-order valence-electron chi connectivity index (χ2n) is 4.01. The number of methoxy groups -OCH3 is 2. The summed E-state index contributed by atoms with van der Waals surface area (Å²) in [6.45, 7) is 4.47. The van der Waals surface area contributed by atoms with Crippen LogP contribution in [-0.2, 0) is 0 Å². The van der Waals surface area contributed by atoms with Gasteiger partial charge in [0.15, 0.2) is 16.6 Å². The Morgan fingerprint density at radius 1 is 1.35 bits per heavy atom. The summed E-state index contributed by atoms with van der Waals surface area (Å²) >= 11 is 5.05. The fraction of sp³-hybridized carbons (Fsp3) is 0.357. The van der Waals surface area contributed by atoms with Gasteiger partial charge in [-0.1, -0.05) is 12.1 Å². The highest BCUT2D eigenvalue weighted by atomic mass is 32.1. The third-order valence-corrected chi connectivity index (χ3v) is 2.94. The molecule has 6 heteroatoms. The Labute approximate surface area is 124 Å². The number of nitrogens with one attached hydrogen (secondary N) is 2. The Hall–Kier alpha value is -1.79. The van der Waals surface area contributed by atoms with Crippen molar-refractivity contribution in [3.63, 3.8) is 0 Å². The molecule has 0 saturated carbocycles. The van der Waals surface area contributed by atoms with Gasteiger partial charge >= 0.3 is 0 Å². The predicted octanol–water partition coefficient (Wildman–Crippen LogP) is 1.39. The number of aliphatic hydroxyl groups is 1. The van der Waals surface area contributed by atoms with Crippen LogP contribution in [0.2, 0.25) is 0 Å². The summed E-state index contributed by atoms with van der Waals surface area (Å²) in [7, 11) is 3.12. The molecule has 0 saturated heterocycles. The van der Waals surface area contributed by atoms with Gasteiger partial charge in [0.1, 0.15) is 0 Å². The van der Waals surface area contributed by atoms with Gasteiger partial charge in [-0.3, -0.25) is 0 Å². The molecule has 0 radical (unpaired) electrons. The first-order chi connectivity index (χ1) is 9.62. The molecular weight excluding hydrogens is 276 g/mol. The number of rotatable bonds is 7. The van der Waals surface area contributed by atoms with E-state index < -0.39 is 6.10 Å². The molecule has 0 aliphatic carbocycles. The quantitative estimate of drug-likeness (QED) is 0.522. The first kappa shape index (κ1) is 16.3. The lowest BCUT2D eigenvalue weighted by Gasteiger charge is -2.16. The number of thiocarbonyl (C=S) groups is 1. The summed E-state index contributed by atoms with van der Waals surface area (Å²) < 4.78 is 10.4. The van der Waals surface area contributed by atoms with Crippen LogP contribution < -0.4 is 20.1 Å². The molecule has 3 N–H and O–H groups in total. The van der Waals surface area contributed by atoms with Crippen molar-refractivity contribution in [2.45, 2.75) is 6.10 Å². The molecule has 110 valence electrons. The van der Waals surface area contributed by atoms with Crippen molar-refractivity contribution >= 4 is 17.3 Å². The van der Waals surface area contributed by atoms with Gasteiger partial charge in [-0.05, 0) is 29.9 Å². The molecule has 0 aliphatic heterocycles. The van der Waals surface area contributed by atoms with Crippen LogP contribution in [0.4, 0.5) is 0 Å². The molecular formula is C14H20N2O3S. The second kappa shape index (κ2) is 8.39. The number of ether oxygens (including phenoxy) is 2. The normalized spacial score (nSPS) is 11.3.